The number of carbonyl (C=O) groups is 1. The van der Waals surface area contributed by atoms with Crippen LogP contribution in [0.2, 0.25) is 0 Å². The first-order valence-electron chi connectivity index (χ1n) is 5.62. The standard InChI is InChI=1S/C11H12N4O4S/c1-7(10-14-15-11(19-10)20(2,17)18)13-9(16)8-4-3-5-12-6-8/h3-7H,1-2H3,(H,13,16)/t7-/m0/s1. The van der Waals surface area contributed by atoms with E-state index in [1.165, 1.54) is 6.20 Å². The second kappa shape index (κ2) is 5.37. The number of amides is 1. The quantitative estimate of drug-likeness (QED) is 0.866. The molecule has 0 bridgehead atoms. The van der Waals surface area contributed by atoms with Crippen LogP contribution in [-0.4, -0.2) is 35.8 Å². The molecule has 0 radical (unpaired) electrons. The molecule has 9 heteroatoms. The minimum absolute atomic E-state index is 0.0164. The number of hydrogen-bond acceptors (Lipinski definition) is 7. The lowest BCUT2D eigenvalue weighted by Gasteiger charge is -2.09. The van der Waals surface area contributed by atoms with E-state index in [0.717, 1.165) is 6.26 Å². The maximum atomic E-state index is 11.9. The zero-order valence-corrected chi connectivity index (χ0v) is 11.6. The molecule has 1 amide bonds. The third kappa shape index (κ3) is 3.18. The Bertz CT molecular complexity index is 711. The molecule has 0 aromatic carbocycles. The lowest BCUT2D eigenvalue weighted by atomic mass is 10.2. The van der Waals surface area contributed by atoms with E-state index >= 15 is 0 Å². The second-order valence-electron chi connectivity index (χ2n) is 4.12. The van der Waals surface area contributed by atoms with E-state index in [1.807, 2.05) is 0 Å². The fourth-order valence-corrected chi connectivity index (χ4v) is 1.81. The minimum atomic E-state index is -3.56. The molecule has 8 nitrogen and oxygen atoms in total. The molecular weight excluding hydrogens is 284 g/mol. The number of nitrogens with zero attached hydrogens (tertiary/aromatic N) is 3. The Kier molecular flexibility index (Phi) is 3.79. The number of hydrogen-bond donors (Lipinski definition) is 1. The summed E-state index contributed by atoms with van der Waals surface area (Å²) in [4.78, 5) is 15.7. The maximum Gasteiger partial charge on any atom is 0.335 e. The van der Waals surface area contributed by atoms with Gasteiger partial charge in [-0.3, -0.25) is 9.78 Å². The molecule has 2 aromatic rings. The average molecular weight is 296 g/mol. The molecule has 0 aliphatic rings. The largest absolute Gasteiger partial charge is 0.410 e. The Hall–Kier alpha value is -2.29. The summed E-state index contributed by atoms with van der Waals surface area (Å²) >= 11 is 0. The number of sulfone groups is 1. The van der Waals surface area contributed by atoms with Gasteiger partial charge in [0.15, 0.2) is 0 Å². The van der Waals surface area contributed by atoms with Gasteiger partial charge in [0.1, 0.15) is 6.04 Å². The van der Waals surface area contributed by atoms with Gasteiger partial charge >= 0.3 is 5.22 Å². The normalized spacial score (nSPS) is 12.9. The summed E-state index contributed by atoms with van der Waals surface area (Å²) in [5, 5.41) is 9.15. The molecule has 0 spiro atoms. The molecule has 2 rings (SSSR count). The van der Waals surface area contributed by atoms with Gasteiger partial charge in [-0.15, -0.1) is 5.10 Å². The molecule has 0 saturated heterocycles. The molecule has 106 valence electrons. The van der Waals surface area contributed by atoms with Crippen LogP contribution in [0.1, 0.15) is 29.2 Å². The summed E-state index contributed by atoms with van der Waals surface area (Å²) in [5.74, 6) is -0.354. The fourth-order valence-electron chi connectivity index (χ4n) is 1.38. The van der Waals surface area contributed by atoms with Gasteiger partial charge in [-0.05, 0) is 19.1 Å². The smallest absolute Gasteiger partial charge is 0.335 e. The first-order valence-corrected chi connectivity index (χ1v) is 7.51. The van der Waals surface area contributed by atoms with Crippen molar-refractivity contribution in [2.24, 2.45) is 0 Å². The first-order chi connectivity index (χ1) is 9.38. The minimum Gasteiger partial charge on any atom is -0.410 e. The van der Waals surface area contributed by atoms with Crippen LogP contribution < -0.4 is 5.32 Å². The van der Waals surface area contributed by atoms with Crippen LogP contribution in [-0.2, 0) is 9.84 Å². The third-order valence-electron chi connectivity index (χ3n) is 2.38. The molecule has 2 aromatic heterocycles. The van der Waals surface area contributed by atoms with Gasteiger partial charge in [0.25, 0.3) is 5.91 Å². The number of nitrogens with one attached hydrogen (secondary N) is 1. The lowest BCUT2D eigenvalue weighted by Crippen LogP contribution is -2.26. The van der Waals surface area contributed by atoms with E-state index in [4.69, 9.17) is 4.42 Å². The van der Waals surface area contributed by atoms with Crippen LogP contribution in [0, 0.1) is 0 Å². The fraction of sp³-hybridized carbons (Fsp3) is 0.273. The van der Waals surface area contributed by atoms with Crippen LogP contribution in [0.4, 0.5) is 0 Å². The SMILES string of the molecule is C[C@H](NC(=O)c1cccnc1)c1nnc(S(C)(=O)=O)o1. The van der Waals surface area contributed by atoms with E-state index in [0.29, 0.717) is 5.56 Å². The van der Waals surface area contributed by atoms with E-state index < -0.39 is 21.1 Å². The summed E-state index contributed by atoms with van der Waals surface area (Å²) in [7, 11) is -3.56. The average Bonchev–Trinajstić information content (AvgIpc) is 2.89. The Balaban J connectivity index is 2.11. The zero-order valence-electron chi connectivity index (χ0n) is 10.8. The second-order valence-corrected chi connectivity index (χ2v) is 6.01. The van der Waals surface area contributed by atoms with Crippen molar-refractivity contribution in [3.63, 3.8) is 0 Å². The van der Waals surface area contributed by atoms with Crippen LogP contribution in [0.25, 0.3) is 0 Å². The van der Waals surface area contributed by atoms with E-state index in [1.54, 1.807) is 25.3 Å². The summed E-state index contributed by atoms with van der Waals surface area (Å²) in [6.07, 6.45) is 3.93. The number of carbonyl (C=O) groups excluding carboxylic acids is 1. The molecule has 0 saturated carbocycles. The highest BCUT2D eigenvalue weighted by molar-refractivity contribution is 7.90. The van der Waals surface area contributed by atoms with Crippen molar-refractivity contribution >= 4 is 15.7 Å². The van der Waals surface area contributed by atoms with Crippen molar-refractivity contribution in [3.8, 4) is 0 Å². The number of rotatable bonds is 4. The van der Waals surface area contributed by atoms with Crippen molar-refractivity contribution in [1.29, 1.82) is 0 Å². The van der Waals surface area contributed by atoms with Gasteiger partial charge in [0.2, 0.25) is 15.7 Å². The van der Waals surface area contributed by atoms with E-state index in [9.17, 15) is 13.2 Å². The predicted octanol–water partition coefficient (Wildman–Crippen LogP) is 0.359. The Morgan fingerprint density at radius 3 is 2.70 bits per heavy atom. The maximum absolute atomic E-state index is 11.9. The van der Waals surface area contributed by atoms with Gasteiger partial charge in [-0.1, -0.05) is 5.10 Å². The molecule has 20 heavy (non-hydrogen) atoms. The van der Waals surface area contributed by atoms with E-state index in [2.05, 4.69) is 20.5 Å². The van der Waals surface area contributed by atoms with Crippen molar-refractivity contribution < 1.29 is 17.6 Å². The number of pyridine rings is 1. The van der Waals surface area contributed by atoms with Crippen molar-refractivity contribution in [2.45, 2.75) is 18.2 Å². The van der Waals surface area contributed by atoms with Crippen molar-refractivity contribution in [1.82, 2.24) is 20.5 Å². The molecule has 0 fully saturated rings. The highest BCUT2D eigenvalue weighted by Crippen LogP contribution is 2.14. The number of aromatic nitrogens is 3. The predicted molar refractivity (Wildman–Crippen MR) is 67.5 cm³/mol. The zero-order chi connectivity index (χ0) is 14.8. The van der Waals surface area contributed by atoms with Gasteiger partial charge < -0.3 is 9.73 Å². The Labute approximate surface area is 115 Å². The molecule has 1 N–H and O–H groups in total. The van der Waals surface area contributed by atoms with Crippen LogP contribution >= 0.6 is 0 Å². The molecule has 1 atom stereocenters. The highest BCUT2D eigenvalue weighted by atomic mass is 32.2. The first kappa shape index (κ1) is 14.1. The molecule has 0 aliphatic carbocycles. The molecule has 0 unspecified atom stereocenters. The van der Waals surface area contributed by atoms with Gasteiger partial charge in [0, 0.05) is 18.6 Å². The highest BCUT2D eigenvalue weighted by Gasteiger charge is 2.21. The van der Waals surface area contributed by atoms with Crippen LogP contribution in [0.5, 0.6) is 0 Å². The van der Waals surface area contributed by atoms with Crippen molar-refractivity contribution in [3.05, 3.63) is 36.0 Å². The lowest BCUT2D eigenvalue weighted by molar-refractivity contribution is 0.0933. The molecule has 0 aliphatic heterocycles. The van der Waals surface area contributed by atoms with Crippen LogP contribution in [0.15, 0.2) is 34.2 Å². The summed E-state index contributed by atoms with van der Waals surface area (Å²) < 4.78 is 27.4. The summed E-state index contributed by atoms with van der Waals surface area (Å²) in [6.45, 7) is 1.61. The van der Waals surface area contributed by atoms with Gasteiger partial charge in [0.05, 0.1) is 5.56 Å². The molecule has 2 heterocycles. The monoisotopic (exact) mass is 296 g/mol. The summed E-state index contributed by atoms with van der Waals surface area (Å²) in [5.41, 5.74) is 0.377. The Morgan fingerprint density at radius 2 is 2.15 bits per heavy atom. The summed E-state index contributed by atoms with van der Waals surface area (Å²) in [6, 6.07) is 2.62. The molecular formula is C11H12N4O4S. The third-order valence-corrected chi connectivity index (χ3v) is 3.18. The van der Waals surface area contributed by atoms with Gasteiger partial charge in [-0.25, -0.2) is 8.42 Å². The van der Waals surface area contributed by atoms with E-state index in [-0.39, 0.29) is 11.8 Å². The van der Waals surface area contributed by atoms with Crippen LogP contribution in [0.3, 0.4) is 0 Å². The topological polar surface area (TPSA) is 115 Å². The van der Waals surface area contributed by atoms with Crippen molar-refractivity contribution in [2.75, 3.05) is 6.26 Å². The Morgan fingerprint density at radius 1 is 1.40 bits per heavy atom. The van der Waals surface area contributed by atoms with Gasteiger partial charge in [-0.2, -0.15) is 0 Å².